The van der Waals surface area contributed by atoms with Crippen LogP contribution in [0.1, 0.15) is 22.3 Å². The van der Waals surface area contributed by atoms with Crippen LogP contribution in [0.5, 0.6) is 0 Å². The van der Waals surface area contributed by atoms with Crippen molar-refractivity contribution < 1.29 is 4.79 Å². The molecule has 1 aromatic carbocycles. The number of hydrogen-bond acceptors (Lipinski definition) is 1. The summed E-state index contributed by atoms with van der Waals surface area (Å²) in [5.41, 5.74) is 2.03. The predicted octanol–water partition coefficient (Wildman–Crippen LogP) is 2.72. The molecule has 0 atom stereocenters. The van der Waals surface area contributed by atoms with Crippen LogP contribution < -0.4 is 0 Å². The minimum Gasteiger partial charge on any atom is -0.345 e. The first-order chi connectivity index (χ1) is 7.15. The average molecular weight is 270 g/mol. The lowest BCUT2D eigenvalue weighted by Crippen LogP contribution is -2.21. The molecule has 0 spiro atoms. The summed E-state index contributed by atoms with van der Waals surface area (Å²) in [4.78, 5) is 13.2. The van der Waals surface area contributed by atoms with Gasteiger partial charge in [0, 0.05) is 25.0 Å². The minimum absolute atomic E-state index is 0.0574. The first kappa shape index (κ1) is 12.2. The van der Waals surface area contributed by atoms with Crippen LogP contribution in [0.2, 0.25) is 0 Å². The van der Waals surface area contributed by atoms with E-state index in [1.165, 1.54) is 5.56 Å². The molecule has 0 bridgehead atoms. The Morgan fingerprint density at radius 1 is 1.27 bits per heavy atom. The van der Waals surface area contributed by atoms with Crippen LogP contribution in [0.4, 0.5) is 0 Å². The number of benzene rings is 1. The van der Waals surface area contributed by atoms with E-state index in [0.717, 1.165) is 23.7 Å². The van der Waals surface area contributed by atoms with Crippen LogP contribution >= 0.6 is 15.9 Å². The Labute approximate surface area is 99.4 Å². The summed E-state index contributed by atoms with van der Waals surface area (Å²) < 4.78 is 0. The van der Waals surface area contributed by atoms with Crippen molar-refractivity contribution in [2.75, 3.05) is 19.4 Å². The smallest absolute Gasteiger partial charge is 0.253 e. The number of nitrogens with zero attached hydrogens (tertiary/aromatic N) is 1. The average Bonchev–Trinajstić information content (AvgIpc) is 2.26. The summed E-state index contributed by atoms with van der Waals surface area (Å²) >= 11 is 3.40. The lowest BCUT2D eigenvalue weighted by atomic mass is 10.1. The van der Waals surface area contributed by atoms with Crippen molar-refractivity contribution >= 4 is 21.8 Å². The standard InChI is InChI=1S/C12H16BrNO/c1-14(2)12(15)11-7-5-10(6-8-11)4-3-9-13/h5-8H,3-4,9H2,1-2H3. The highest BCUT2D eigenvalue weighted by Crippen LogP contribution is 2.08. The van der Waals surface area contributed by atoms with E-state index in [0.29, 0.717) is 0 Å². The van der Waals surface area contributed by atoms with Crippen LogP contribution in [-0.2, 0) is 6.42 Å². The fourth-order valence-corrected chi connectivity index (χ4v) is 1.62. The molecule has 3 heteroatoms. The zero-order chi connectivity index (χ0) is 11.3. The van der Waals surface area contributed by atoms with Crippen LogP contribution in [0, 0.1) is 0 Å². The van der Waals surface area contributed by atoms with Crippen molar-refractivity contribution in [2.45, 2.75) is 12.8 Å². The molecule has 15 heavy (non-hydrogen) atoms. The van der Waals surface area contributed by atoms with Gasteiger partial charge in [0.1, 0.15) is 0 Å². The van der Waals surface area contributed by atoms with Crippen molar-refractivity contribution in [3.8, 4) is 0 Å². The van der Waals surface area contributed by atoms with Gasteiger partial charge in [-0.2, -0.15) is 0 Å². The Bertz CT molecular complexity index is 319. The van der Waals surface area contributed by atoms with Gasteiger partial charge < -0.3 is 4.90 Å². The second kappa shape index (κ2) is 5.91. The normalized spacial score (nSPS) is 10.1. The Morgan fingerprint density at radius 3 is 2.33 bits per heavy atom. The third-order valence-corrected chi connectivity index (χ3v) is 2.77. The molecule has 0 fully saturated rings. The van der Waals surface area contributed by atoms with Crippen molar-refractivity contribution in [1.82, 2.24) is 4.90 Å². The van der Waals surface area contributed by atoms with E-state index in [2.05, 4.69) is 15.9 Å². The summed E-state index contributed by atoms with van der Waals surface area (Å²) in [6, 6.07) is 7.84. The van der Waals surface area contributed by atoms with Crippen molar-refractivity contribution in [3.63, 3.8) is 0 Å². The lowest BCUT2D eigenvalue weighted by Gasteiger charge is -2.10. The summed E-state index contributed by atoms with van der Waals surface area (Å²) in [6.45, 7) is 0. The molecule has 0 unspecified atom stereocenters. The Balaban J connectivity index is 2.68. The Kier molecular flexibility index (Phi) is 4.82. The molecule has 0 radical (unpaired) electrons. The number of aryl methyl sites for hydroxylation is 1. The van der Waals surface area contributed by atoms with E-state index in [1.54, 1.807) is 19.0 Å². The van der Waals surface area contributed by atoms with Crippen LogP contribution in [-0.4, -0.2) is 30.2 Å². The summed E-state index contributed by atoms with van der Waals surface area (Å²) in [5.74, 6) is 0.0574. The number of hydrogen-bond donors (Lipinski definition) is 0. The SMILES string of the molecule is CN(C)C(=O)c1ccc(CCCBr)cc1. The van der Waals surface area contributed by atoms with Crippen molar-refractivity contribution in [3.05, 3.63) is 35.4 Å². The predicted molar refractivity (Wildman–Crippen MR) is 66.6 cm³/mol. The number of carbonyl (C=O) groups excluding carboxylic acids is 1. The highest BCUT2D eigenvalue weighted by atomic mass is 79.9. The van der Waals surface area contributed by atoms with E-state index in [4.69, 9.17) is 0 Å². The highest BCUT2D eigenvalue weighted by molar-refractivity contribution is 9.09. The van der Waals surface area contributed by atoms with Gasteiger partial charge in [-0.25, -0.2) is 0 Å². The van der Waals surface area contributed by atoms with Gasteiger partial charge >= 0.3 is 0 Å². The summed E-state index contributed by atoms with van der Waals surface area (Å²) in [5, 5.41) is 1.02. The number of halogens is 1. The quantitative estimate of drug-likeness (QED) is 0.770. The van der Waals surface area contributed by atoms with Gasteiger partial charge in [0.15, 0.2) is 0 Å². The number of alkyl halides is 1. The molecular formula is C12H16BrNO. The third-order valence-electron chi connectivity index (χ3n) is 2.21. The van der Waals surface area contributed by atoms with E-state index in [-0.39, 0.29) is 5.91 Å². The lowest BCUT2D eigenvalue weighted by molar-refractivity contribution is 0.0827. The first-order valence-corrected chi connectivity index (χ1v) is 6.14. The fourth-order valence-electron chi connectivity index (χ4n) is 1.34. The molecule has 0 aromatic heterocycles. The topological polar surface area (TPSA) is 20.3 Å². The molecular weight excluding hydrogens is 254 g/mol. The molecule has 0 saturated carbocycles. The van der Waals surface area contributed by atoms with Gasteiger partial charge in [-0.3, -0.25) is 4.79 Å². The molecule has 0 saturated heterocycles. The zero-order valence-electron chi connectivity index (χ0n) is 9.16. The van der Waals surface area contributed by atoms with Gasteiger partial charge in [-0.05, 0) is 30.5 Å². The fraction of sp³-hybridized carbons (Fsp3) is 0.417. The van der Waals surface area contributed by atoms with Crippen LogP contribution in [0.3, 0.4) is 0 Å². The largest absolute Gasteiger partial charge is 0.345 e. The maximum absolute atomic E-state index is 11.6. The van der Waals surface area contributed by atoms with Gasteiger partial charge in [0.05, 0.1) is 0 Å². The third kappa shape index (κ3) is 3.67. The maximum Gasteiger partial charge on any atom is 0.253 e. The monoisotopic (exact) mass is 269 g/mol. The second-order valence-electron chi connectivity index (χ2n) is 3.69. The number of amides is 1. The van der Waals surface area contributed by atoms with Gasteiger partial charge in [0.2, 0.25) is 0 Å². The number of rotatable bonds is 4. The highest BCUT2D eigenvalue weighted by Gasteiger charge is 2.06. The van der Waals surface area contributed by atoms with Crippen molar-refractivity contribution in [1.29, 1.82) is 0 Å². The van der Waals surface area contributed by atoms with Crippen LogP contribution in [0.25, 0.3) is 0 Å². The zero-order valence-corrected chi connectivity index (χ0v) is 10.8. The molecule has 82 valence electrons. The van der Waals surface area contributed by atoms with Gasteiger partial charge in [-0.1, -0.05) is 28.1 Å². The van der Waals surface area contributed by atoms with E-state index >= 15 is 0 Å². The summed E-state index contributed by atoms with van der Waals surface area (Å²) in [7, 11) is 3.53. The molecule has 0 N–H and O–H groups in total. The van der Waals surface area contributed by atoms with E-state index < -0.39 is 0 Å². The molecule has 0 heterocycles. The molecule has 0 aliphatic rings. The molecule has 0 aliphatic carbocycles. The van der Waals surface area contributed by atoms with E-state index in [9.17, 15) is 4.79 Å². The first-order valence-electron chi connectivity index (χ1n) is 5.01. The second-order valence-corrected chi connectivity index (χ2v) is 4.48. The van der Waals surface area contributed by atoms with Gasteiger partial charge in [0.25, 0.3) is 5.91 Å². The van der Waals surface area contributed by atoms with E-state index in [1.807, 2.05) is 24.3 Å². The van der Waals surface area contributed by atoms with Crippen molar-refractivity contribution in [2.24, 2.45) is 0 Å². The number of carbonyl (C=O) groups is 1. The van der Waals surface area contributed by atoms with Crippen LogP contribution in [0.15, 0.2) is 24.3 Å². The minimum atomic E-state index is 0.0574. The Hall–Kier alpha value is -0.830. The summed E-state index contributed by atoms with van der Waals surface area (Å²) in [6.07, 6.45) is 2.18. The molecule has 0 aliphatic heterocycles. The Morgan fingerprint density at radius 2 is 1.87 bits per heavy atom. The van der Waals surface area contributed by atoms with Gasteiger partial charge in [-0.15, -0.1) is 0 Å². The molecule has 2 nitrogen and oxygen atoms in total. The molecule has 1 rings (SSSR count). The molecule has 1 amide bonds. The molecule has 1 aromatic rings. The maximum atomic E-state index is 11.6.